The second kappa shape index (κ2) is 15.6. The van der Waals surface area contributed by atoms with Gasteiger partial charge in [-0.05, 0) is 70.2 Å². The number of benzene rings is 1. The van der Waals surface area contributed by atoms with Gasteiger partial charge in [0.25, 0.3) is 0 Å². The monoisotopic (exact) mass is 481 g/mol. The topological polar surface area (TPSA) is 72.2 Å². The summed E-state index contributed by atoms with van der Waals surface area (Å²) in [7, 11) is 0. The lowest BCUT2D eigenvalue weighted by atomic mass is 9.86. The van der Waals surface area contributed by atoms with Gasteiger partial charge in [0.2, 0.25) is 0 Å². The summed E-state index contributed by atoms with van der Waals surface area (Å²) in [4.78, 5) is 4.48. The van der Waals surface area contributed by atoms with Crippen LogP contribution in [0.4, 0.5) is 0 Å². The Labute approximate surface area is 217 Å². The van der Waals surface area contributed by atoms with E-state index in [0.717, 1.165) is 29.3 Å². The maximum Gasteiger partial charge on any atom is 0.132 e. The Hall–Kier alpha value is -4.22. The van der Waals surface area contributed by atoms with Crippen LogP contribution >= 0.6 is 0 Å². The zero-order valence-electron chi connectivity index (χ0n) is 22.2. The van der Waals surface area contributed by atoms with Crippen molar-refractivity contribution in [3.63, 3.8) is 0 Å². The number of nitriles is 1. The second-order valence-corrected chi connectivity index (χ2v) is 8.47. The number of aryl methyl sites for hydroxylation is 1. The number of nitrogens with one attached hydrogen (secondary N) is 3. The quantitative estimate of drug-likeness (QED) is 0.241. The van der Waals surface area contributed by atoms with E-state index in [1.54, 1.807) is 19.1 Å². The van der Waals surface area contributed by atoms with Crippen LogP contribution in [0.15, 0.2) is 96.1 Å². The predicted molar refractivity (Wildman–Crippen MR) is 154 cm³/mol. The molecule has 0 fully saturated rings. The Morgan fingerprint density at radius 1 is 1.31 bits per heavy atom. The number of terminal acetylenes is 1. The summed E-state index contributed by atoms with van der Waals surface area (Å²) in [5, 5.41) is 18.4. The smallest absolute Gasteiger partial charge is 0.132 e. The molecule has 1 atom stereocenters. The fourth-order valence-corrected chi connectivity index (χ4v) is 3.67. The molecule has 36 heavy (non-hydrogen) atoms. The van der Waals surface area contributed by atoms with Crippen LogP contribution in [0.3, 0.4) is 0 Å². The predicted octanol–water partition coefficient (Wildman–Crippen LogP) is 6.34. The van der Waals surface area contributed by atoms with Gasteiger partial charge in [0.15, 0.2) is 0 Å². The normalized spacial score (nSPS) is 16.1. The number of fused-ring (bicyclic) bond motifs is 1. The number of nitrogens with zero attached hydrogens (tertiary/aromatic N) is 2. The lowest BCUT2D eigenvalue weighted by Gasteiger charge is -2.27. The summed E-state index contributed by atoms with van der Waals surface area (Å²) < 4.78 is 0. The Morgan fingerprint density at radius 2 is 2.00 bits per heavy atom. The van der Waals surface area contributed by atoms with Gasteiger partial charge in [0.1, 0.15) is 11.9 Å². The van der Waals surface area contributed by atoms with E-state index < -0.39 is 0 Å². The highest BCUT2D eigenvalue weighted by Gasteiger charge is 2.21. The Kier molecular flexibility index (Phi) is 12.9. The number of hydrogen-bond donors (Lipinski definition) is 3. The number of aliphatic imine (C=N–C) groups is 1. The number of amidine groups is 1. The SMILES string of the molecule is C#CC.C=C(C)N[C@H]1CCCc2cc(C3=NCC(=C)N3)ccc21.C=C/C=C(\N/C(C)=C\C)C(=C)C#N. The Balaban J connectivity index is 0.000000352. The molecule has 1 aliphatic carbocycles. The number of hydrogen-bond acceptors (Lipinski definition) is 5. The molecular formula is C31H39N5. The van der Waals surface area contributed by atoms with Crippen molar-refractivity contribution in [1.29, 1.82) is 5.26 Å². The van der Waals surface area contributed by atoms with Crippen molar-refractivity contribution in [1.82, 2.24) is 16.0 Å². The standard InChI is InChI=1S/C17H21N3.C11H14N2.C3H4/c1-11(2)19-16-6-4-5-13-9-14(7-8-15(13)16)17-18-10-12(3)20-17;1-5-7-11(9(3)8-12)13-10(4)6-2;1-3-2/h7-9,16,19H,1,3-6,10H2,2H3,(H,18,20);5-7,13H,1,3H2,2,4H3;1H,2H3/b;10-6-,11-7-;/t16-;;/m0../s1. The fraction of sp³-hybridized carbons (Fsp3) is 0.290. The van der Waals surface area contributed by atoms with E-state index in [2.05, 4.69) is 77.8 Å². The van der Waals surface area contributed by atoms with E-state index in [1.165, 1.54) is 29.5 Å². The molecule has 1 heterocycles. The number of allylic oxidation sites excluding steroid dienone is 6. The molecule has 2 aliphatic rings. The van der Waals surface area contributed by atoms with Gasteiger partial charge in [0.05, 0.1) is 23.9 Å². The van der Waals surface area contributed by atoms with Crippen molar-refractivity contribution in [2.45, 2.75) is 53.0 Å². The summed E-state index contributed by atoms with van der Waals surface area (Å²) in [6, 6.07) is 9.04. The zero-order chi connectivity index (χ0) is 27.1. The van der Waals surface area contributed by atoms with Gasteiger partial charge in [-0.2, -0.15) is 5.26 Å². The van der Waals surface area contributed by atoms with Crippen LogP contribution < -0.4 is 16.0 Å². The van der Waals surface area contributed by atoms with E-state index in [1.807, 2.05) is 32.9 Å². The van der Waals surface area contributed by atoms with Crippen molar-refractivity contribution in [3.05, 3.63) is 108 Å². The fourth-order valence-electron chi connectivity index (χ4n) is 3.67. The molecule has 1 aromatic rings. The zero-order valence-corrected chi connectivity index (χ0v) is 22.2. The highest BCUT2D eigenvalue weighted by Crippen LogP contribution is 2.31. The minimum absolute atomic E-state index is 0.402. The molecule has 0 saturated heterocycles. The average molecular weight is 482 g/mol. The molecule has 0 amide bonds. The first kappa shape index (κ1) is 29.8. The third kappa shape index (κ3) is 9.57. The molecule has 0 aromatic heterocycles. The van der Waals surface area contributed by atoms with Crippen LogP contribution in [0.5, 0.6) is 0 Å². The molecular weight excluding hydrogens is 442 g/mol. The molecule has 0 radical (unpaired) electrons. The van der Waals surface area contributed by atoms with Gasteiger partial charge >= 0.3 is 0 Å². The van der Waals surface area contributed by atoms with Gasteiger partial charge in [0, 0.05) is 22.7 Å². The van der Waals surface area contributed by atoms with Crippen LogP contribution in [0.25, 0.3) is 0 Å². The molecule has 1 aromatic carbocycles. The summed E-state index contributed by atoms with van der Waals surface area (Å²) in [6.45, 7) is 23.3. The van der Waals surface area contributed by atoms with Gasteiger partial charge in [-0.15, -0.1) is 12.3 Å². The highest BCUT2D eigenvalue weighted by molar-refractivity contribution is 6.01. The van der Waals surface area contributed by atoms with E-state index in [9.17, 15) is 0 Å². The van der Waals surface area contributed by atoms with Crippen LogP contribution in [0.2, 0.25) is 0 Å². The van der Waals surface area contributed by atoms with Crippen molar-refractivity contribution >= 4 is 5.84 Å². The van der Waals surface area contributed by atoms with Gasteiger partial charge in [-0.1, -0.05) is 50.6 Å². The summed E-state index contributed by atoms with van der Waals surface area (Å²) in [5.74, 6) is 3.20. The minimum atomic E-state index is 0.402. The third-order valence-electron chi connectivity index (χ3n) is 5.38. The first-order valence-corrected chi connectivity index (χ1v) is 11.9. The lowest BCUT2D eigenvalue weighted by Crippen LogP contribution is -2.24. The summed E-state index contributed by atoms with van der Waals surface area (Å²) in [5.41, 5.74) is 8.07. The maximum absolute atomic E-state index is 8.63. The molecule has 3 rings (SSSR count). The third-order valence-corrected chi connectivity index (χ3v) is 5.38. The summed E-state index contributed by atoms with van der Waals surface area (Å²) >= 11 is 0. The average Bonchev–Trinajstić information content (AvgIpc) is 3.30. The van der Waals surface area contributed by atoms with Gasteiger partial charge in [-0.3, -0.25) is 4.99 Å². The molecule has 0 bridgehead atoms. The van der Waals surface area contributed by atoms with Gasteiger partial charge < -0.3 is 16.0 Å². The van der Waals surface area contributed by atoms with Crippen LogP contribution in [-0.2, 0) is 6.42 Å². The van der Waals surface area contributed by atoms with Crippen molar-refractivity contribution in [3.8, 4) is 18.4 Å². The Morgan fingerprint density at radius 3 is 2.53 bits per heavy atom. The molecule has 3 N–H and O–H groups in total. The maximum atomic E-state index is 8.63. The molecule has 5 nitrogen and oxygen atoms in total. The van der Waals surface area contributed by atoms with E-state index in [0.29, 0.717) is 23.9 Å². The molecule has 188 valence electrons. The molecule has 5 heteroatoms. The lowest BCUT2D eigenvalue weighted by molar-refractivity contribution is 0.500. The van der Waals surface area contributed by atoms with Crippen molar-refractivity contribution in [2.24, 2.45) is 4.99 Å². The van der Waals surface area contributed by atoms with E-state index in [4.69, 9.17) is 5.26 Å². The first-order chi connectivity index (χ1) is 17.2. The molecule has 0 spiro atoms. The first-order valence-electron chi connectivity index (χ1n) is 11.9. The highest BCUT2D eigenvalue weighted by atomic mass is 15.1. The van der Waals surface area contributed by atoms with E-state index in [-0.39, 0.29) is 0 Å². The second-order valence-electron chi connectivity index (χ2n) is 8.47. The minimum Gasteiger partial charge on any atom is -0.382 e. The largest absolute Gasteiger partial charge is 0.382 e. The Bertz CT molecular complexity index is 1150. The molecule has 0 unspecified atom stereocenters. The molecule has 1 aliphatic heterocycles. The van der Waals surface area contributed by atoms with Crippen LogP contribution in [-0.4, -0.2) is 12.4 Å². The van der Waals surface area contributed by atoms with Crippen LogP contribution in [0.1, 0.15) is 63.3 Å². The molecule has 0 saturated carbocycles. The number of rotatable bonds is 7. The van der Waals surface area contributed by atoms with Crippen LogP contribution in [0, 0.1) is 23.7 Å². The van der Waals surface area contributed by atoms with Crippen molar-refractivity contribution in [2.75, 3.05) is 6.54 Å². The summed E-state index contributed by atoms with van der Waals surface area (Å²) in [6.07, 6.45) is 13.4. The van der Waals surface area contributed by atoms with E-state index >= 15 is 0 Å². The van der Waals surface area contributed by atoms with Crippen molar-refractivity contribution < 1.29 is 0 Å². The van der Waals surface area contributed by atoms with Gasteiger partial charge in [-0.25, -0.2) is 0 Å².